The van der Waals surface area contributed by atoms with Gasteiger partial charge in [0.05, 0.1) is 5.52 Å². The van der Waals surface area contributed by atoms with E-state index < -0.39 is 0 Å². The molecule has 3 aromatic rings. The largest absolute Gasteiger partial charge is 0.308 e. The van der Waals surface area contributed by atoms with Crippen LogP contribution in [-0.4, -0.2) is 46.1 Å². The third-order valence-electron chi connectivity index (χ3n) is 4.89. The molecule has 0 bridgehead atoms. The van der Waals surface area contributed by atoms with Gasteiger partial charge in [0.25, 0.3) is 0 Å². The summed E-state index contributed by atoms with van der Waals surface area (Å²) in [5, 5.41) is 11.2. The fraction of sp³-hybridized carbons (Fsp3) is 0.316. The van der Waals surface area contributed by atoms with Crippen LogP contribution in [-0.2, 0) is 4.79 Å². The van der Waals surface area contributed by atoms with Gasteiger partial charge in [0.2, 0.25) is 5.91 Å². The zero-order valence-corrected chi connectivity index (χ0v) is 16.6. The normalized spacial score (nSPS) is 15.0. The topological polar surface area (TPSA) is 73.9 Å². The summed E-state index contributed by atoms with van der Waals surface area (Å²) in [7, 11) is 2.09. The Balaban J connectivity index is 0.00000131. The van der Waals surface area contributed by atoms with Crippen LogP contribution >= 0.6 is 24.8 Å². The molecular weight excluding hydrogens is 385 g/mol. The van der Waals surface area contributed by atoms with Gasteiger partial charge in [0.1, 0.15) is 0 Å². The van der Waals surface area contributed by atoms with Gasteiger partial charge in [-0.15, -0.1) is 24.8 Å². The Labute approximate surface area is 170 Å². The summed E-state index contributed by atoms with van der Waals surface area (Å²) >= 11 is 0. The number of H-pyrrole nitrogens is 1. The van der Waals surface area contributed by atoms with Crippen LogP contribution in [0.15, 0.2) is 42.7 Å². The Kier molecular flexibility index (Phi) is 7.18. The number of amides is 1. The maximum atomic E-state index is 12.6. The van der Waals surface area contributed by atoms with Crippen LogP contribution in [0.1, 0.15) is 12.8 Å². The van der Waals surface area contributed by atoms with Crippen molar-refractivity contribution in [1.29, 1.82) is 0 Å². The first-order valence-corrected chi connectivity index (χ1v) is 8.58. The molecule has 0 atom stereocenters. The van der Waals surface area contributed by atoms with Gasteiger partial charge in [-0.25, -0.2) is 0 Å². The average molecular weight is 408 g/mol. The monoisotopic (exact) mass is 407 g/mol. The first-order chi connectivity index (χ1) is 12.2. The number of halogens is 2. The van der Waals surface area contributed by atoms with E-state index in [9.17, 15) is 4.79 Å². The molecule has 2 N–H and O–H groups in total. The number of pyridine rings is 1. The molecule has 27 heavy (non-hydrogen) atoms. The molecule has 2 aromatic heterocycles. The van der Waals surface area contributed by atoms with Crippen molar-refractivity contribution in [3.05, 3.63) is 42.7 Å². The smallest absolute Gasteiger partial charge is 0.228 e. The SMILES string of the molecule is CN1CCC(C(=O)Nc2n[nH]c3ccc(-c4cccnc4)cc23)CC1.Cl.Cl. The fourth-order valence-corrected chi connectivity index (χ4v) is 3.31. The fourth-order valence-electron chi connectivity index (χ4n) is 3.31. The first kappa shape index (κ1) is 21.2. The third kappa shape index (κ3) is 4.58. The molecule has 1 aliphatic rings. The van der Waals surface area contributed by atoms with Gasteiger partial charge in [-0.1, -0.05) is 12.1 Å². The molecule has 1 amide bonds. The summed E-state index contributed by atoms with van der Waals surface area (Å²) in [6.07, 6.45) is 5.38. The van der Waals surface area contributed by atoms with Crippen LogP contribution in [0.4, 0.5) is 5.82 Å². The number of aromatic amines is 1. The lowest BCUT2D eigenvalue weighted by Crippen LogP contribution is -2.36. The summed E-state index contributed by atoms with van der Waals surface area (Å²) < 4.78 is 0. The maximum absolute atomic E-state index is 12.6. The van der Waals surface area contributed by atoms with Gasteiger partial charge in [0.15, 0.2) is 5.82 Å². The number of hydrogen-bond acceptors (Lipinski definition) is 4. The van der Waals surface area contributed by atoms with E-state index in [0.717, 1.165) is 48.0 Å². The molecule has 3 heterocycles. The van der Waals surface area contributed by atoms with E-state index >= 15 is 0 Å². The van der Waals surface area contributed by atoms with E-state index in [1.54, 1.807) is 6.20 Å². The van der Waals surface area contributed by atoms with Crippen molar-refractivity contribution >= 4 is 47.4 Å². The van der Waals surface area contributed by atoms with E-state index in [1.807, 2.05) is 36.5 Å². The van der Waals surface area contributed by atoms with Gasteiger partial charge in [-0.2, -0.15) is 5.10 Å². The Hall–Kier alpha value is -2.15. The predicted molar refractivity (Wildman–Crippen MR) is 113 cm³/mol. The van der Waals surface area contributed by atoms with Gasteiger partial charge in [-0.05, 0) is 56.7 Å². The number of nitrogens with zero attached hydrogens (tertiary/aromatic N) is 3. The highest BCUT2D eigenvalue weighted by atomic mass is 35.5. The lowest BCUT2D eigenvalue weighted by molar-refractivity contribution is -0.121. The van der Waals surface area contributed by atoms with Gasteiger partial charge in [0, 0.05) is 29.3 Å². The molecule has 0 saturated carbocycles. The molecule has 0 spiro atoms. The second-order valence-corrected chi connectivity index (χ2v) is 6.64. The van der Waals surface area contributed by atoms with Crippen molar-refractivity contribution in [3.63, 3.8) is 0 Å². The zero-order valence-electron chi connectivity index (χ0n) is 15.0. The number of benzene rings is 1. The summed E-state index contributed by atoms with van der Waals surface area (Å²) in [6.45, 7) is 1.93. The van der Waals surface area contributed by atoms with Crippen molar-refractivity contribution in [2.75, 3.05) is 25.5 Å². The molecule has 1 aliphatic heterocycles. The minimum atomic E-state index is 0. The highest BCUT2D eigenvalue weighted by molar-refractivity contribution is 6.01. The molecule has 4 rings (SSSR count). The van der Waals surface area contributed by atoms with E-state index in [1.165, 1.54) is 0 Å². The molecule has 1 saturated heterocycles. The molecule has 8 heteroatoms. The number of likely N-dealkylation sites (tertiary alicyclic amines) is 1. The highest BCUT2D eigenvalue weighted by Crippen LogP contribution is 2.28. The van der Waals surface area contributed by atoms with Crippen molar-refractivity contribution in [3.8, 4) is 11.1 Å². The molecule has 6 nitrogen and oxygen atoms in total. The molecular formula is C19H23Cl2N5O. The zero-order chi connectivity index (χ0) is 17.2. The van der Waals surface area contributed by atoms with Crippen molar-refractivity contribution in [2.24, 2.45) is 5.92 Å². The number of carbonyl (C=O) groups is 1. The van der Waals surface area contributed by atoms with Gasteiger partial charge in [-0.3, -0.25) is 14.9 Å². The number of carbonyl (C=O) groups excluding carboxylic acids is 1. The standard InChI is InChI=1S/C19H21N5O.2ClH/c1-24-9-6-13(7-10-24)19(25)21-18-16-11-14(4-5-17(16)22-23-18)15-3-2-8-20-12-15;;/h2-5,8,11-13H,6-7,9-10H2,1H3,(H2,21,22,23,25);2*1H. The highest BCUT2D eigenvalue weighted by Gasteiger charge is 2.24. The Morgan fingerprint density at radius 1 is 1.19 bits per heavy atom. The van der Waals surface area contributed by atoms with Crippen LogP contribution in [0.2, 0.25) is 0 Å². The number of nitrogens with one attached hydrogen (secondary N) is 2. The summed E-state index contributed by atoms with van der Waals surface area (Å²) in [5.74, 6) is 0.724. The van der Waals surface area contributed by atoms with Crippen LogP contribution in [0.25, 0.3) is 22.0 Å². The Bertz CT molecular complexity index is 892. The average Bonchev–Trinajstić information content (AvgIpc) is 3.05. The quantitative estimate of drug-likeness (QED) is 0.693. The number of aromatic nitrogens is 3. The van der Waals surface area contributed by atoms with Crippen LogP contribution in [0.5, 0.6) is 0 Å². The van der Waals surface area contributed by atoms with Crippen molar-refractivity contribution in [2.45, 2.75) is 12.8 Å². The molecule has 0 unspecified atom stereocenters. The minimum Gasteiger partial charge on any atom is -0.308 e. The van der Waals surface area contributed by atoms with E-state index in [-0.39, 0.29) is 36.6 Å². The lowest BCUT2D eigenvalue weighted by Gasteiger charge is -2.27. The van der Waals surface area contributed by atoms with Crippen molar-refractivity contribution in [1.82, 2.24) is 20.1 Å². The number of rotatable bonds is 3. The second-order valence-electron chi connectivity index (χ2n) is 6.64. The second kappa shape index (κ2) is 9.17. The van der Waals surface area contributed by atoms with Gasteiger partial charge >= 0.3 is 0 Å². The van der Waals surface area contributed by atoms with E-state index in [0.29, 0.717) is 5.82 Å². The Morgan fingerprint density at radius 2 is 1.96 bits per heavy atom. The molecule has 1 fully saturated rings. The minimum absolute atomic E-state index is 0. The molecule has 0 aliphatic carbocycles. The molecule has 144 valence electrons. The van der Waals surface area contributed by atoms with E-state index in [2.05, 4.69) is 32.4 Å². The summed E-state index contributed by atoms with van der Waals surface area (Å²) in [5.41, 5.74) is 3.00. The summed E-state index contributed by atoms with van der Waals surface area (Å²) in [6, 6.07) is 9.98. The molecule has 1 aromatic carbocycles. The van der Waals surface area contributed by atoms with Crippen molar-refractivity contribution < 1.29 is 4.79 Å². The summed E-state index contributed by atoms with van der Waals surface area (Å²) in [4.78, 5) is 19.0. The number of anilines is 1. The van der Waals surface area contributed by atoms with E-state index in [4.69, 9.17) is 0 Å². The Morgan fingerprint density at radius 3 is 2.67 bits per heavy atom. The molecule has 0 radical (unpaired) electrons. The number of hydrogen-bond donors (Lipinski definition) is 2. The van der Waals surface area contributed by atoms with Crippen LogP contribution in [0.3, 0.4) is 0 Å². The van der Waals surface area contributed by atoms with Crippen LogP contribution in [0, 0.1) is 5.92 Å². The van der Waals surface area contributed by atoms with Gasteiger partial charge < -0.3 is 10.2 Å². The van der Waals surface area contributed by atoms with Crippen LogP contribution < -0.4 is 5.32 Å². The third-order valence-corrected chi connectivity index (χ3v) is 4.89. The maximum Gasteiger partial charge on any atom is 0.228 e. The number of fused-ring (bicyclic) bond motifs is 1. The lowest BCUT2D eigenvalue weighted by atomic mass is 9.96. The predicted octanol–water partition coefficient (Wildman–Crippen LogP) is 3.75. The number of piperidine rings is 1. The first-order valence-electron chi connectivity index (χ1n) is 8.58.